The maximum absolute atomic E-state index is 12.6. The van der Waals surface area contributed by atoms with Gasteiger partial charge in [0.25, 0.3) is 0 Å². The van der Waals surface area contributed by atoms with Crippen LogP contribution in [0.5, 0.6) is 0 Å². The van der Waals surface area contributed by atoms with Gasteiger partial charge in [-0.25, -0.2) is 0 Å². The minimum atomic E-state index is -0.171. The fourth-order valence-corrected chi connectivity index (χ4v) is 11.2. The van der Waals surface area contributed by atoms with Crippen LogP contribution in [0.3, 0.4) is 0 Å². The van der Waals surface area contributed by atoms with Crippen LogP contribution in [0.1, 0.15) is 163 Å². The average Bonchev–Trinajstić information content (AvgIpc) is 3.29. The number of allylic oxidation sites excluding steroid dienone is 10. The number of hydrogen-bond acceptors (Lipinski definition) is 4. The van der Waals surface area contributed by atoms with Gasteiger partial charge in [0.1, 0.15) is 6.29 Å². The number of hydrogen-bond donors (Lipinski definition) is 3. The predicted octanol–water partition coefficient (Wildman–Crippen LogP) is 16.1. The van der Waals surface area contributed by atoms with Crippen LogP contribution < -0.4 is 10.6 Å². The molecule has 3 aliphatic rings. The van der Waals surface area contributed by atoms with Crippen molar-refractivity contribution in [1.82, 2.24) is 5.32 Å². The monoisotopic (exact) mass is 889 g/mol. The lowest BCUT2D eigenvalue weighted by atomic mass is 9.74. The zero-order valence-electron chi connectivity index (χ0n) is 42.7. The Balaban J connectivity index is 0.00000553. The first-order chi connectivity index (χ1) is 31.3. The topological polar surface area (TPSA) is 61.4 Å². The van der Waals surface area contributed by atoms with Crippen molar-refractivity contribution < 1.29 is 9.90 Å². The molecule has 0 spiro atoms. The Morgan fingerprint density at radius 1 is 0.862 bits per heavy atom. The second kappa shape index (κ2) is 30.7. The third kappa shape index (κ3) is 19.7. The Kier molecular flexibility index (Phi) is 26.4. The molecule has 0 radical (unpaired) electrons. The molecule has 2 aliphatic carbocycles. The molecule has 8 unspecified atom stereocenters. The van der Waals surface area contributed by atoms with Gasteiger partial charge in [-0.1, -0.05) is 137 Å². The number of aliphatic hydroxyl groups is 1. The van der Waals surface area contributed by atoms with Crippen LogP contribution in [0, 0.1) is 60.2 Å². The minimum Gasteiger partial charge on any atom is -0.393 e. The Bertz CT molecular complexity index is 1700. The summed E-state index contributed by atoms with van der Waals surface area (Å²) in [6, 6.07) is 9.64. The number of carbonyl (C=O) groups excluding carboxylic acids is 1. The second-order valence-electron chi connectivity index (χ2n) is 21.0. The molecule has 1 heterocycles. The molecule has 2 saturated carbocycles. The van der Waals surface area contributed by atoms with E-state index in [4.69, 9.17) is 6.58 Å². The number of anilines is 1. The molecular weight excluding hydrogens is 793 g/mol. The molecular formula is C61H96N2O2. The zero-order valence-corrected chi connectivity index (χ0v) is 42.7. The van der Waals surface area contributed by atoms with Crippen LogP contribution in [0.15, 0.2) is 122 Å². The van der Waals surface area contributed by atoms with Crippen molar-refractivity contribution in [1.29, 1.82) is 0 Å². The lowest BCUT2D eigenvalue weighted by Gasteiger charge is -2.37. The van der Waals surface area contributed by atoms with Crippen molar-refractivity contribution in [3.63, 3.8) is 0 Å². The summed E-state index contributed by atoms with van der Waals surface area (Å²) in [5.41, 5.74) is 7.55. The molecule has 2 fully saturated rings. The van der Waals surface area contributed by atoms with E-state index in [1.165, 1.54) is 79.3 Å². The van der Waals surface area contributed by atoms with Crippen molar-refractivity contribution in [3.05, 3.63) is 128 Å². The maximum Gasteiger partial charge on any atom is 0.127 e. The van der Waals surface area contributed by atoms with E-state index in [0.717, 1.165) is 82.6 Å². The van der Waals surface area contributed by atoms with Gasteiger partial charge < -0.3 is 20.5 Å². The first-order valence-corrected chi connectivity index (χ1v) is 26.1. The van der Waals surface area contributed by atoms with Gasteiger partial charge in [-0.15, -0.1) is 19.7 Å². The number of benzene rings is 1. The summed E-state index contributed by atoms with van der Waals surface area (Å²) in [6.07, 6.45) is 36.9. The molecule has 0 saturated heterocycles. The molecule has 0 aromatic heterocycles. The van der Waals surface area contributed by atoms with E-state index >= 15 is 0 Å². The van der Waals surface area contributed by atoms with E-state index in [2.05, 4.69) is 152 Å². The van der Waals surface area contributed by atoms with Crippen molar-refractivity contribution in [2.24, 2.45) is 53.3 Å². The summed E-state index contributed by atoms with van der Waals surface area (Å²) >= 11 is 0. The number of carbonyl (C=O) groups is 1. The highest BCUT2D eigenvalue weighted by Gasteiger charge is 2.31. The first kappa shape index (κ1) is 55.9. The molecule has 12 atom stereocenters. The number of rotatable bonds is 7. The van der Waals surface area contributed by atoms with Gasteiger partial charge in [0.15, 0.2) is 0 Å². The van der Waals surface area contributed by atoms with Gasteiger partial charge in [-0.3, -0.25) is 0 Å². The smallest absolute Gasteiger partial charge is 0.127 e. The average molecular weight is 889 g/mol. The van der Waals surface area contributed by atoms with Crippen LogP contribution >= 0.6 is 0 Å². The minimum absolute atomic E-state index is 0.129. The molecule has 3 N–H and O–H groups in total. The third-order valence-electron chi connectivity index (χ3n) is 15.9. The van der Waals surface area contributed by atoms with E-state index in [9.17, 15) is 9.90 Å². The molecule has 4 nitrogen and oxygen atoms in total. The van der Waals surface area contributed by atoms with Gasteiger partial charge in [0, 0.05) is 23.7 Å². The zero-order chi connectivity index (χ0) is 47.7. The molecule has 1 aromatic rings. The number of aryl methyl sites for hydroxylation is 1. The summed E-state index contributed by atoms with van der Waals surface area (Å²) in [5, 5.41) is 18.5. The molecule has 4 heteroatoms. The summed E-state index contributed by atoms with van der Waals surface area (Å²) in [4.78, 5) is 12.6. The van der Waals surface area contributed by atoms with Crippen LogP contribution in [0.25, 0.3) is 0 Å². The summed E-state index contributed by atoms with van der Waals surface area (Å²) < 4.78 is 0. The first-order valence-electron chi connectivity index (χ1n) is 26.1. The van der Waals surface area contributed by atoms with E-state index < -0.39 is 0 Å². The molecule has 65 heavy (non-hydrogen) atoms. The molecule has 362 valence electrons. The van der Waals surface area contributed by atoms with Crippen LogP contribution in [-0.2, 0) is 4.79 Å². The van der Waals surface area contributed by atoms with Crippen LogP contribution in [0.4, 0.5) is 5.69 Å². The maximum atomic E-state index is 12.6. The Morgan fingerprint density at radius 3 is 2.37 bits per heavy atom. The highest BCUT2D eigenvalue weighted by molar-refractivity contribution is 5.60. The molecule has 1 aromatic carbocycles. The van der Waals surface area contributed by atoms with Crippen molar-refractivity contribution in [3.8, 4) is 0 Å². The second-order valence-corrected chi connectivity index (χ2v) is 21.0. The van der Waals surface area contributed by atoms with Crippen LogP contribution in [0.2, 0.25) is 0 Å². The summed E-state index contributed by atoms with van der Waals surface area (Å²) in [5.74, 6) is 3.71. The number of aldehydes is 1. The highest BCUT2D eigenvalue weighted by atomic mass is 16.3. The quantitative estimate of drug-likeness (QED) is 0.189. The van der Waals surface area contributed by atoms with Gasteiger partial charge in [-0.05, 0) is 189 Å². The van der Waals surface area contributed by atoms with E-state index in [1.54, 1.807) is 0 Å². The fourth-order valence-electron chi connectivity index (χ4n) is 11.2. The lowest BCUT2D eigenvalue weighted by molar-refractivity contribution is -0.111. The van der Waals surface area contributed by atoms with Gasteiger partial charge in [0.05, 0.1) is 6.10 Å². The number of nitrogens with one attached hydrogen (secondary N) is 2. The number of fused-ring (bicyclic) bond motifs is 2. The van der Waals surface area contributed by atoms with Crippen molar-refractivity contribution in [2.75, 3.05) is 11.9 Å². The summed E-state index contributed by atoms with van der Waals surface area (Å²) in [6.45, 7) is 36.7. The molecule has 1 aliphatic heterocycles. The van der Waals surface area contributed by atoms with Gasteiger partial charge in [-0.2, -0.15) is 0 Å². The molecule has 0 amide bonds. The van der Waals surface area contributed by atoms with E-state index in [-0.39, 0.29) is 29.9 Å². The Labute approximate surface area is 400 Å². The largest absolute Gasteiger partial charge is 0.393 e. The Hall–Kier alpha value is -3.47. The standard InChI is InChI=1S/C59H92N2O2.C2H4/c1-11-53-28-19-20-34-60-58-39-52(33-32-46(58)6)40-59(61-55-30-21-23-42(2)35-55)45(5)26-16-14-12-13-15-24-43(3)49(9)57(41-62)50(10)44(4)25-17-18-29-54(37-48(53)8)47(7)36-51-27-22-31-56(63)38-51;1-2/h11-14,16,21,23,25-26,30,35,41,43,46-47,50-54,56-61,63H,1,8-9,15,17-20,22,24,27-29,31-34,36-40H2,2-7,10H3;1-2H2/b13-12+,16-14+,44-25+,45-26+;/t43?,46?,47-,50?,51?,52-,53?,54-,56?,57+,58?,59?;/m1./s1. The van der Waals surface area contributed by atoms with Crippen molar-refractivity contribution >= 4 is 12.0 Å². The highest BCUT2D eigenvalue weighted by Crippen LogP contribution is 2.38. The van der Waals surface area contributed by atoms with E-state index in [0.29, 0.717) is 41.5 Å². The van der Waals surface area contributed by atoms with Crippen LogP contribution in [-0.4, -0.2) is 36.1 Å². The SMILES string of the molecule is C=C.C=CC1CCCCNC2C[C@@H](CCC2C)CC(Nc2cccc(C)c2)/C(C)=C/C=C/C=C/CCC(C)C(=C)[C@H](C=O)C(C)/C(C)=C/CCC[C@@H]([C@H](C)CC2CCCC(O)C2)CC1=C. The molecule has 2 bridgehead atoms. The van der Waals surface area contributed by atoms with Crippen molar-refractivity contribution in [2.45, 2.75) is 182 Å². The van der Waals surface area contributed by atoms with Gasteiger partial charge in [0.2, 0.25) is 0 Å². The number of aliphatic hydroxyl groups excluding tert-OH is 1. The lowest BCUT2D eigenvalue weighted by Crippen LogP contribution is -2.41. The normalized spacial score (nSPS) is 34.6. The molecule has 4 rings (SSSR count). The van der Waals surface area contributed by atoms with Gasteiger partial charge >= 0.3 is 0 Å². The summed E-state index contributed by atoms with van der Waals surface area (Å²) in [7, 11) is 0. The van der Waals surface area contributed by atoms with E-state index in [1.807, 2.05) is 0 Å². The predicted molar refractivity (Wildman–Crippen MR) is 285 cm³/mol. The third-order valence-corrected chi connectivity index (χ3v) is 15.9. The Morgan fingerprint density at radius 2 is 1.65 bits per heavy atom. The fraction of sp³-hybridized carbons (Fsp3) is 0.623.